The van der Waals surface area contributed by atoms with E-state index in [-0.39, 0.29) is 0 Å². The second-order valence-corrected chi connectivity index (χ2v) is 4.40. The molecule has 0 spiro atoms. The lowest BCUT2D eigenvalue weighted by molar-refractivity contribution is 0.956. The number of aromatic nitrogens is 3. The summed E-state index contributed by atoms with van der Waals surface area (Å²) >= 11 is 0. The molecule has 1 aliphatic rings. The number of rotatable bonds is 4. The largest absolute Gasteiger partial charge is 0.377 e. The molecule has 0 amide bonds. The average molecular weight is 256 g/mol. The van der Waals surface area contributed by atoms with Gasteiger partial charge in [-0.25, -0.2) is 4.98 Å². The Kier molecular flexibility index (Phi) is 3.14. The summed E-state index contributed by atoms with van der Waals surface area (Å²) < 4.78 is 0. The highest BCUT2D eigenvalue weighted by Crippen LogP contribution is 2.24. The number of benzene rings is 1. The van der Waals surface area contributed by atoms with Gasteiger partial charge in [-0.2, -0.15) is 5.10 Å². The Bertz CT molecular complexity index is 601. The van der Waals surface area contributed by atoms with Crippen LogP contribution in [0.15, 0.2) is 29.3 Å². The van der Waals surface area contributed by atoms with Crippen LogP contribution in [0.5, 0.6) is 0 Å². The number of nitrogens with zero attached hydrogens (tertiary/aromatic N) is 3. The van der Waals surface area contributed by atoms with Crippen LogP contribution in [-0.2, 0) is 0 Å². The molecule has 1 aromatic carbocycles. The van der Waals surface area contributed by atoms with Crippen LogP contribution in [-0.4, -0.2) is 40.7 Å². The fraction of sp³-hybridized carbons (Fsp3) is 0.308. The molecule has 3 N–H and O–H groups in total. The Morgan fingerprint density at radius 1 is 1.32 bits per heavy atom. The lowest BCUT2D eigenvalue weighted by Gasteiger charge is -2.10. The number of amidine groups is 1. The van der Waals surface area contributed by atoms with E-state index < -0.39 is 0 Å². The molecule has 0 bridgehead atoms. The van der Waals surface area contributed by atoms with Gasteiger partial charge in [0.05, 0.1) is 13.1 Å². The van der Waals surface area contributed by atoms with Gasteiger partial charge in [0.2, 0.25) is 0 Å². The third-order valence-corrected chi connectivity index (χ3v) is 2.95. The minimum atomic E-state index is 0.695. The quantitative estimate of drug-likeness (QED) is 0.768. The molecule has 98 valence electrons. The minimum Gasteiger partial charge on any atom is -0.377 e. The van der Waals surface area contributed by atoms with E-state index in [0.717, 1.165) is 36.0 Å². The zero-order valence-electron chi connectivity index (χ0n) is 10.8. The molecule has 0 saturated heterocycles. The van der Waals surface area contributed by atoms with Gasteiger partial charge in [0, 0.05) is 17.8 Å². The molecular weight excluding hydrogens is 240 g/mol. The molecule has 0 atom stereocenters. The van der Waals surface area contributed by atoms with Crippen molar-refractivity contribution in [3.63, 3.8) is 0 Å². The van der Waals surface area contributed by atoms with Crippen molar-refractivity contribution in [1.29, 1.82) is 0 Å². The van der Waals surface area contributed by atoms with Crippen molar-refractivity contribution < 1.29 is 0 Å². The van der Waals surface area contributed by atoms with Gasteiger partial charge in [0.25, 0.3) is 0 Å². The molecule has 1 aromatic heterocycles. The number of hydrogen-bond donors (Lipinski definition) is 3. The van der Waals surface area contributed by atoms with Crippen molar-refractivity contribution in [2.45, 2.75) is 6.92 Å². The highest BCUT2D eigenvalue weighted by atomic mass is 15.2. The van der Waals surface area contributed by atoms with Gasteiger partial charge in [0.15, 0.2) is 5.82 Å². The molecule has 3 rings (SSSR count). The zero-order chi connectivity index (χ0) is 13.1. The number of anilines is 1. The smallest absolute Gasteiger partial charge is 0.183 e. The van der Waals surface area contributed by atoms with Crippen LogP contribution in [0.1, 0.15) is 5.82 Å². The van der Waals surface area contributed by atoms with Crippen molar-refractivity contribution in [1.82, 2.24) is 20.5 Å². The van der Waals surface area contributed by atoms with E-state index in [1.807, 2.05) is 31.2 Å². The molecule has 6 nitrogen and oxygen atoms in total. The summed E-state index contributed by atoms with van der Waals surface area (Å²) in [6.45, 7) is 4.38. The average Bonchev–Trinajstić information content (AvgIpc) is 3.08. The molecule has 6 heteroatoms. The van der Waals surface area contributed by atoms with Crippen molar-refractivity contribution in [3.8, 4) is 11.4 Å². The van der Waals surface area contributed by atoms with Crippen LogP contribution < -0.4 is 10.6 Å². The third-order valence-electron chi connectivity index (χ3n) is 2.95. The molecule has 0 saturated carbocycles. The van der Waals surface area contributed by atoms with E-state index in [1.165, 1.54) is 0 Å². The summed E-state index contributed by atoms with van der Waals surface area (Å²) in [5, 5.41) is 13.7. The number of hydrogen-bond acceptors (Lipinski definition) is 5. The number of nitrogens with one attached hydrogen (secondary N) is 3. The zero-order valence-corrected chi connectivity index (χ0v) is 10.8. The lowest BCUT2D eigenvalue weighted by atomic mass is 10.1. The summed E-state index contributed by atoms with van der Waals surface area (Å²) in [5.74, 6) is 2.52. The molecule has 0 unspecified atom stereocenters. The number of H-pyrrole nitrogens is 1. The summed E-state index contributed by atoms with van der Waals surface area (Å²) in [4.78, 5) is 8.73. The Labute approximate surface area is 111 Å². The first kappa shape index (κ1) is 11.7. The SMILES string of the molecule is Cc1nc(-c2ccccc2NCC2=NCCN2)n[nH]1. The maximum Gasteiger partial charge on any atom is 0.183 e. The van der Waals surface area contributed by atoms with E-state index in [1.54, 1.807) is 0 Å². The topological polar surface area (TPSA) is 78.0 Å². The Morgan fingerprint density at radius 3 is 2.95 bits per heavy atom. The van der Waals surface area contributed by atoms with Crippen molar-refractivity contribution in [2.24, 2.45) is 4.99 Å². The van der Waals surface area contributed by atoms with E-state index in [2.05, 4.69) is 30.8 Å². The second-order valence-electron chi connectivity index (χ2n) is 4.40. The highest BCUT2D eigenvalue weighted by Gasteiger charge is 2.10. The third kappa shape index (κ3) is 2.57. The summed E-state index contributed by atoms with van der Waals surface area (Å²) in [6.07, 6.45) is 0. The molecule has 1 aliphatic heterocycles. The molecule has 0 aliphatic carbocycles. The highest BCUT2D eigenvalue weighted by molar-refractivity contribution is 5.88. The summed E-state index contributed by atoms with van der Waals surface area (Å²) in [7, 11) is 0. The number of aryl methyl sites for hydroxylation is 1. The first-order valence-corrected chi connectivity index (χ1v) is 6.32. The van der Waals surface area contributed by atoms with Gasteiger partial charge in [-0.3, -0.25) is 10.1 Å². The number of aromatic amines is 1. The van der Waals surface area contributed by atoms with Gasteiger partial charge >= 0.3 is 0 Å². The molecule has 0 fully saturated rings. The molecule has 2 heterocycles. The number of para-hydroxylation sites is 1. The van der Waals surface area contributed by atoms with Crippen LogP contribution in [0.25, 0.3) is 11.4 Å². The number of aliphatic imine (C=N–C) groups is 1. The van der Waals surface area contributed by atoms with Crippen molar-refractivity contribution >= 4 is 11.5 Å². The lowest BCUT2D eigenvalue weighted by Crippen LogP contribution is -2.26. The first-order valence-electron chi connectivity index (χ1n) is 6.32. The van der Waals surface area contributed by atoms with Crippen LogP contribution in [0.2, 0.25) is 0 Å². The monoisotopic (exact) mass is 256 g/mol. The van der Waals surface area contributed by atoms with Gasteiger partial charge in [-0.15, -0.1) is 0 Å². The minimum absolute atomic E-state index is 0.695. The van der Waals surface area contributed by atoms with Gasteiger partial charge in [-0.1, -0.05) is 12.1 Å². The predicted octanol–water partition coefficient (Wildman–Crippen LogP) is 1.19. The van der Waals surface area contributed by atoms with Crippen LogP contribution in [0.3, 0.4) is 0 Å². The molecule has 2 aromatic rings. The van der Waals surface area contributed by atoms with E-state index in [4.69, 9.17) is 0 Å². The van der Waals surface area contributed by atoms with Crippen LogP contribution in [0.4, 0.5) is 5.69 Å². The van der Waals surface area contributed by atoms with E-state index >= 15 is 0 Å². The van der Waals surface area contributed by atoms with Gasteiger partial charge < -0.3 is 10.6 Å². The van der Waals surface area contributed by atoms with Gasteiger partial charge in [0.1, 0.15) is 11.7 Å². The van der Waals surface area contributed by atoms with Crippen LogP contribution in [0, 0.1) is 6.92 Å². The fourth-order valence-electron chi connectivity index (χ4n) is 2.04. The summed E-state index contributed by atoms with van der Waals surface area (Å²) in [5.41, 5.74) is 2.00. The Balaban J connectivity index is 1.81. The van der Waals surface area contributed by atoms with Crippen molar-refractivity contribution in [3.05, 3.63) is 30.1 Å². The first-order chi connectivity index (χ1) is 9.33. The standard InChI is InChI=1S/C13H16N6/c1-9-17-13(19-18-9)10-4-2-3-5-11(10)16-8-12-14-6-7-15-12/h2-5,16H,6-8H2,1H3,(H,14,15)(H,17,18,19). The fourth-order valence-corrected chi connectivity index (χ4v) is 2.04. The van der Waals surface area contributed by atoms with Crippen LogP contribution >= 0.6 is 0 Å². The second kappa shape index (κ2) is 5.09. The van der Waals surface area contributed by atoms with E-state index in [9.17, 15) is 0 Å². The normalized spacial score (nSPS) is 14.1. The predicted molar refractivity (Wildman–Crippen MR) is 75.4 cm³/mol. The Hall–Kier alpha value is -2.37. The summed E-state index contributed by atoms with van der Waals surface area (Å²) in [6, 6.07) is 8.01. The Morgan fingerprint density at radius 2 is 2.21 bits per heavy atom. The van der Waals surface area contributed by atoms with Crippen molar-refractivity contribution in [2.75, 3.05) is 25.0 Å². The maximum atomic E-state index is 4.37. The molecular formula is C13H16N6. The molecule has 0 radical (unpaired) electrons. The van der Waals surface area contributed by atoms with E-state index in [0.29, 0.717) is 12.4 Å². The van der Waals surface area contributed by atoms with Gasteiger partial charge in [-0.05, 0) is 19.1 Å². The molecule has 19 heavy (non-hydrogen) atoms. The maximum absolute atomic E-state index is 4.37.